The Morgan fingerprint density at radius 1 is 1.33 bits per heavy atom. The van der Waals surface area contributed by atoms with Crippen molar-refractivity contribution in [3.05, 3.63) is 35.5 Å². The average Bonchev–Trinajstić information content (AvgIpc) is 3.26. The van der Waals surface area contributed by atoms with Crippen molar-refractivity contribution in [2.45, 2.75) is 45.0 Å². The minimum absolute atomic E-state index is 0.0241. The van der Waals surface area contributed by atoms with Gasteiger partial charge in [0.1, 0.15) is 6.54 Å². The molecule has 0 spiro atoms. The van der Waals surface area contributed by atoms with Crippen molar-refractivity contribution in [1.82, 2.24) is 9.88 Å². The number of nitrogens with zero attached hydrogens (tertiary/aromatic N) is 1. The van der Waals surface area contributed by atoms with Crippen molar-refractivity contribution < 1.29 is 27.5 Å². The minimum atomic E-state index is -4.97. The summed E-state index contributed by atoms with van der Waals surface area (Å²) in [5.74, 6) is -2.24. The maximum Gasteiger partial charge on any atom is 0.454 e. The van der Waals surface area contributed by atoms with E-state index >= 15 is 0 Å². The largest absolute Gasteiger partial charge is 0.454 e. The summed E-state index contributed by atoms with van der Waals surface area (Å²) in [6, 6.07) is 4.88. The second-order valence-corrected chi connectivity index (χ2v) is 6.60. The number of ether oxygens (including phenoxy) is 1. The number of rotatable bonds is 6. The molecule has 1 aliphatic rings. The lowest BCUT2D eigenvalue weighted by Crippen LogP contribution is -2.34. The van der Waals surface area contributed by atoms with E-state index in [1.807, 2.05) is 6.92 Å². The Balaban J connectivity index is 1.89. The second kappa shape index (κ2) is 7.72. The SMILES string of the molecule is CCc1cccc2c(C(=O)C(F)(F)F)cn(CC(=O)NC[C@H]3CCCO3)c12. The molecule has 0 radical (unpaired) electrons. The van der Waals surface area contributed by atoms with E-state index in [0.717, 1.165) is 24.6 Å². The summed E-state index contributed by atoms with van der Waals surface area (Å²) in [4.78, 5) is 24.1. The highest BCUT2D eigenvalue weighted by atomic mass is 19.4. The van der Waals surface area contributed by atoms with Gasteiger partial charge in [0.05, 0.1) is 17.2 Å². The fourth-order valence-corrected chi connectivity index (χ4v) is 3.43. The zero-order valence-electron chi connectivity index (χ0n) is 14.9. The van der Waals surface area contributed by atoms with Crippen LogP contribution in [-0.2, 0) is 22.5 Å². The van der Waals surface area contributed by atoms with Crippen LogP contribution in [0.25, 0.3) is 10.9 Å². The Kier molecular flexibility index (Phi) is 5.55. The number of aromatic nitrogens is 1. The first-order valence-electron chi connectivity index (χ1n) is 8.91. The molecule has 1 N–H and O–H groups in total. The zero-order chi connectivity index (χ0) is 19.6. The van der Waals surface area contributed by atoms with E-state index in [4.69, 9.17) is 4.74 Å². The number of benzene rings is 1. The van der Waals surface area contributed by atoms with Crippen molar-refractivity contribution in [3.63, 3.8) is 0 Å². The van der Waals surface area contributed by atoms with Gasteiger partial charge >= 0.3 is 6.18 Å². The van der Waals surface area contributed by atoms with Gasteiger partial charge in [0.2, 0.25) is 5.91 Å². The van der Waals surface area contributed by atoms with Crippen LogP contribution in [-0.4, -0.2) is 41.7 Å². The molecule has 1 fully saturated rings. The highest BCUT2D eigenvalue weighted by Gasteiger charge is 2.41. The lowest BCUT2D eigenvalue weighted by Gasteiger charge is -2.12. The molecule has 0 bridgehead atoms. The van der Waals surface area contributed by atoms with Crippen LogP contribution in [0.5, 0.6) is 0 Å². The second-order valence-electron chi connectivity index (χ2n) is 6.60. The molecule has 0 saturated carbocycles. The molecule has 1 atom stereocenters. The number of para-hydroxylation sites is 1. The van der Waals surface area contributed by atoms with E-state index < -0.39 is 17.5 Å². The van der Waals surface area contributed by atoms with Crippen LogP contribution < -0.4 is 5.32 Å². The van der Waals surface area contributed by atoms with E-state index in [1.165, 1.54) is 10.6 Å². The van der Waals surface area contributed by atoms with Gasteiger partial charge in [-0.15, -0.1) is 0 Å². The van der Waals surface area contributed by atoms with E-state index in [2.05, 4.69) is 5.32 Å². The summed E-state index contributed by atoms with van der Waals surface area (Å²) >= 11 is 0. The Labute approximate surface area is 154 Å². The average molecular weight is 382 g/mol. The standard InChI is InChI=1S/C19H21F3N2O3/c1-2-12-5-3-7-14-15(18(26)19(20,21)22)10-24(17(12)14)11-16(25)23-9-13-6-4-8-27-13/h3,5,7,10,13H,2,4,6,8-9,11H2,1H3,(H,23,25)/t13-/m1/s1. The van der Waals surface area contributed by atoms with Crippen molar-refractivity contribution in [2.75, 3.05) is 13.2 Å². The molecule has 2 aromatic rings. The monoisotopic (exact) mass is 382 g/mol. The number of carbonyl (C=O) groups is 2. The Morgan fingerprint density at radius 2 is 2.11 bits per heavy atom. The van der Waals surface area contributed by atoms with E-state index in [-0.39, 0.29) is 23.9 Å². The normalized spacial score (nSPS) is 17.4. The van der Waals surface area contributed by atoms with Gasteiger partial charge in [0.25, 0.3) is 5.78 Å². The molecule has 2 heterocycles. The Bertz CT molecular complexity index is 852. The first kappa shape index (κ1) is 19.4. The third-order valence-electron chi connectivity index (χ3n) is 4.73. The summed E-state index contributed by atoms with van der Waals surface area (Å²) < 4.78 is 45.7. The van der Waals surface area contributed by atoms with Crippen molar-refractivity contribution in [1.29, 1.82) is 0 Å². The highest BCUT2D eigenvalue weighted by Crippen LogP contribution is 2.30. The van der Waals surface area contributed by atoms with Crippen LogP contribution >= 0.6 is 0 Å². The van der Waals surface area contributed by atoms with Crippen molar-refractivity contribution in [3.8, 4) is 0 Å². The van der Waals surface area contributed by atoms with Gasteiger partial charge in [-0.1, -0.05) is 25.1 Å². The van der Waals surface area contributed by atoms with Crippen LogP contribution in [0.2, 0.25) is 0 Å². The fraction of sp³-hybridized carbons (Fsp3) is 0.474. The number of fused-ring (bicyclic) bond motifs is 1. The maximum absolute atomic E-state index is 13.0. The summed E-state index contributed by atoms with van der Waals surface area (Å²) in [5.41, 5.74) is 0.834. The van der Waals surface area contributed by atoms with Gasteiger partial charge in [-0.25, -0.2) is 0 Å². The summed E-state index contributed by atoms with van der Waals surface area (Å²) in [5, 5.41) is 2.96. The first-order chi connectivity index (χ1) is 12.8. The van der Waals surface area contributed by atoms with Crippen LogP contribution in [0.3, 0.4) is 0 Å². The number of amides is 1. The van der Waals surface area contributed by atoms with Gasteiger partial charge in [0, 0.05) is 24.7 Å². The maximum atomic E-state index is 13.0. The third-order valence-corrected chi connectivity index (χ3v) is 4.73. The Morgan fingerprint density at radius 3 is 2.74 bits per heavy atom. The number of ketones is 1. The van der Waals surface area contributed by atoms with E-state index in [0.29, 0.717) is 25.1 Å². The topological polar surface area (TPSA) is 60.3 Å². The molecule has 5 nitrogen and oxygen atoms in total. The molecule has 3 rings (SSSR count). The molecule has 146 valence electrons. The summed E-state index contributed by atoms with van der Waals surface area (Å²) in [7, 11) is 0. The molecular formula is C19H21F3N2O3. The summed E-state index contributed by atoms with van der Waals surface area (Å²) in [6.07, 6.45) is -1.47. The van der Waals surface area contributed by atoms with Gasteiger partial charge in [0.15, 0.2) is 0 Å². The van der Waals surface area contributed by atoms with Crippen molar-refractivity contribution in [2.24, 2.45) is 0 Å². The third kappa shape index (κ3) is 4.16. The number of carbonyl (C=O) groups excluding carboxylic acids is 2. The highest BCUT2D eigenvalue weighted by molar-refractivity contribution is 6.11. The van der Waals surface area contributed by atoms with Gasteiger partial charge < -0.3 is 14.6 Å². The number of alkyl halides is 3. The molecular weight excluding hydrogens is 361 g/mol. The number of hydrogen-bond donors (Lipinski definition) is 1. The van der Waals surface area contributed by atoms with E-state index in [9.17, 15) is 22.8 Å². The number of halogens is 3. The molecule has 0 unspecified atom stereocenters. The predicted molar refractivity (Wildman–Crippen MR) is 93.7 cm³/mol. The predicted octanol–water partition coefficient (Wildman–Crippen LogP) is 3.24. The van der Waals surface area contributed by atoms with Gasteiger partial charge in [-0.2, -0.15) is 13.2 Å². The number of aryl methyl sites for hydroxylation is 1. The fourth-order valence-electron chi connectivity index (χ4n) is 3.43. The number of Topliss-reactive ketones (excluding diaryl/α,β-unsaturated/α-hetero) is 1. The lowest BCUT2D eigenvalue weighted by molar-refractivity contribution is -0.122. The molecule has 1 aromatic carbocycles. The van der Waals surface area contributed by atoms with Crippen LogP contribution in [0.4, 0.5) is 13.2 Å². The lowest BCUT2D eigenvalue weighted by atomic mass is 10.0. The molecule has 27 heavy (non-hydrogen) atoms. The quantitative estimate of drug-likeness (QED) is 0.781. The van der Waals surface area contributed by atoms with E-state index in [1.54, 1.807) is 12.1 Å². The molecule has 1 aromatic heterocycles. The Hall–Kier alpha value is -2.35. The molecule has 1 aliphatic heterocycles. The van der Waals surface area contributed by atoms with Crippen molar-refractivity contribution >= 4 is 22.6 Å². The first-order valence-corrected chi connectivity index (χ1v) is 8.91. The molecule has 1 amide bonds. The molecule has 1 saturated heterocycles. The smallest absolute Gasteiger partial charge is 0.376 e. The zero-order valence-corrected chi connectivity index (χ0v) is 14.9. The number of hydrogen-bond acceptors (Lipinski definition) is 3. The number of nitrogens with one attached hydrogen (secondary N) is 1. The van der Waals surface area contributed by atoms with Crippen LogP contribution in [0, 0.1) is 0 Å². The molecule has 8 heteroatoms. The van der Waals surface area contributed by atoms with Crippen LogP contribution in [0.15, 0.2) is 24.4 Å². The van der Waals surface area contributed by atoms with Crippen LogP contribution in [0.1, 0.15) is 35.7 Å². The summed E-state index contributed by atoms with van der Waals surface area (Å²) in [6.45, 7) is 2.75. The molecule has 0 aliphatic carbocycles. The minimum Gasteiger partial charge on any atom is -0.376 e. The van der Waals surface area contributed by atoms with Gasteiger partial charge in [-0.05, 0) is 24.8 Å². The van der Waals surface area contributed by atoms with Gasteiger partial charge in [-0.3, -0.25) is 9.59 Å².